The third-order valence-electron chi connectivity index (χ3n) is 4.28. The molecule has 1 aromatic rings. The molecule has 0 bridgehead atoms. The quantitative estimate of drug-likeness (QED) is 0.782. The Morgan fingerprint density at radius 3 is 2.74 bits per heavy atom. The summed E-state index contributed by atoms with van der Waals surface area (Å²) in [6, 6.07) is 8.91. The van der Waals surface area contributed by atoms with Gasteiger partial charge in [0.25, 0.3) is 0 Å². The van der Waals surface area contributed by atoms with Crippen LogP contribution in [0.3, 0.4) is 0 Å². The molecule has 3 heteroatoms. The second kappa shape index (κ2) is 4.71. The zero-order chi connectivity index (χ0) is 12.8. The summed E-state index contributed by atoms with van der Waals surface area (Å²) >= 11 is 5.59. The predicted molar refractivity (Wildman–Crippen MR) is 85.0 cm³/mol. The van der Waals surface area contributed by atoms with Crippen molar-refractivity contribution in [1.29, 1.82) is 0 Å². The maximum Gasteiger partial charge on any atom is 0.0396 e. The summed E-state index contributed by atoms with van der Waals surface area (Å²) in [6.45, 7) is 0. The monoisotopic (exact) mass is 333 g/mol. The molecule has 0 aromatic heterocycles. The highest BCUT2D eigenvalue weighted by Crippen LogP contribution is 2.51. The summed E-state index contributed by atoms with van der Waals surface area (Å²) in [5.41, 5.74) is 6.13. The van der Waals surface area contributed by atoms with Crippen molar-refractivity contribution in [3.63, 3.8) is 0 Å². The van der Waals surface area contributed by atoms with Crippen LogP contribution in [-0.2, 0) is 0 Å². The SMILES string of the molecule is Brc1ccc(C2C3=C(CCC3)NC3=C2SCC3)cc1. The van der Waals surface area contributed by atoms with Gasteiger partial charge in [0.1, 0.15) is 0 Å². The molecule has 1 nitrogen and oxygen atoms in total. The summed E-state index contributed by atoms with van der Waals surface area (Å²) in [5.74, 6) is 1.78. The van der Waals surface area contributed by atoms with Gasteiger partial charge < -0.3 is 5.32 Å². The van der Waals surface area contributed by atoms with E-state index in [1.807, 2.05) is 0 Å². The van der Waals surface area contributed by atoms with E-state index < -0.39 is 0 Å². The first kappa shape index (κ1) is 12.1. The van der Waals surface area contributed by atoms with Crippen LogP contribution in [0.5, 0.6) is 0 Å². The summed E-state index contributed by atoms with van der Waals surface area (Å²) < 4.78 is 1.17. The van der Waals surface area contributed by atoms with Crippen LogP contribution in [-0.4, -0.2) is 5.75 Å². The van der Waals surface area contributed by atoms with E-state index in [9.17, 15) is 0 Å². The molecule has 2 aliphatic heterocycles. The Balaban J connectivity index is 1.81. The molecule has 1 unspecified atom stereocenters. The molecule has 0 fully saturated rings. The van der Waals surface area contributed by atoms with Crippen LogP contribution in [0.1, 0.15) is 37.2 Å². The van der Waals surface area contributed by atoms with Crippen molar-refractivity contribution in [2.45, 2.75) is 31.6 Å². The zero-order valence-corrected chi connectivity index (χ0v) is 13.1. The van der Waals surface area contributed by atoms with E-state index in [2.05, 4.69) is 57.3 Å². The fraction of sp³-hybridized carbons (Fsp3) is 0.375. The Morgan fingerprint density at radius 2 is 1.89 bits per heavy atom. The molecule has 1 N–H and O–H groups in total. The van der Waals surface area contributed by atoms with Crippen LogP contribution in [0.4, 0.5) is 0 Å². The van der Waals surface area contributed by atoms with E-state index in [-0.39, 0.29) is 0 Å². The lowest BCUT2D eigenvalue weighted by Gasteiger charge is -2.28. The van der Waals surface area contributed by atoms with E-state index in [0.29, 0.717) is 5.92 Å². The van der Waals surface area contributed by atoms with E-state index in [1.54, 1.807) is 10.5 Å². The van der Waals surface area contributed by atoms with Gasteiger partial charge in [-0.15, -0.1) is 11.8 Å². The van der Waals surface area contributed by atoms with Crippen LogP contribution < -0.4 is 5.32 Å². The van der Waals surface area contributed by atoms with Gasteiger partial charge in [-0.2, -0.15) is 0 Å². The first-order chi connectivity index (χ1) is 9.33. The molecule has 1 aromatic carbocycles. The number of allylic oxidation sites excluding steroid dienone is 4. The summed E-state index contributed by atoms with van der Waals surface area (Å²) in [4.78, 5) is 1.59. The normalized spacial score (nSPS) is 25.4. The molecule has 0 saturated heterocycles. The lowest BCUT2D eigenvalue weighted by molar-refractivity contribution is 0.789. The summed E-state index contributed by atoms with van der Waals surface area (Å²) in [7, 11) is 0. The van der Waals surface area contributed by atoms with Crippen LogP contribution in [0.25, 0.3) is 0 Å². The Labute approximate surface area is 126 Å². The van der Waals surface area contributed by atoms with Crippen molar-refractivity contribution < 1.29 is 0 Å². The number of rotatable bonds is 1. The molecular formula is C16H16BrNS. The minimum absolute atomic E-state index is 0.536. The first-order valence-corrected chi connectivity index (χ1v) is 8.71. The lowest BCUT2D eigenvalue weighted by atomic mass is 9.86. The minimum atomic E-state index is 0.536. The molecule has 0 saturated carbocycles. The van der Waals surface area contributed by atoms with Crippen molar-refractivity contribution in [2.24, 2.45) is 0 Å². The number of benzene rings is 1. The van der Waals surface area contributed by atoms with E-state index >= 15 is 0 Å². The van der Waals surface area contributed by atoms with Gasteiger partial charge in [-0.1, -0.05) is 28.1 Å². The van der Waals surface area contributed by atoms with Crippen molar-refractivity contribution in [3.05, 3.63) is 56.2 Å². The Kier molecular flexibility index (Phi) is 3.00. The predicted octanol–water partition coefficient (Wildman–Crippen LogP) is 4.92. The molecule has 19 heavy (non-hydrogen) atoms. The number of hydrogen-bond acceptors (Lipinski definition) is 2. The van der Waals surface area contributed by atoms with E-state index in [1.165, 1.54) is 52.9 Å². The van der Waals surface area contributed by atoms with Crippen LogP contribution in [0, 0.1) is 0 Å². The average Bonchev–Trinajstić information content (AvgIpc) is 3.05. The number of dihydropyridines is 1. The third-order valence-corrected chi connectivity index (χ3v) is 6.01. The Morgan fingerprint density at radius 1 is 1.05 bits per heavy atom. The van der Waals surface area contributed by atoms with Gasteiger partial charge >= 0.3 is 0 Å². The van der Waals surface area contributed by atoms with Gasteiger partial charge in [0.05, 0.1) is 0 Å². The highest BCUT2D eigenvalue weighted by molar-refractivity contribution is 9.10. The highest BCUT2D eigenvalue weighted by atomic mass is 79.9. The van der Waals surface area contributed by atoms with Crippen LogP contribution in [0.15, 0.2) is 50.6 Å². The fourth-order valence-corrected chi connectivity index (χ4v) is 4.99. The Hall–Kier alpha value is -0.670. The number of nitrogens with one attached hydrogen (secondary N) is 1. The van der Waals surface area contributed by atoms with Gasteiger partial charge in [-0.3, -0.25) is 0 Å². The zero-order valence-electron chi connectivity index (χ0n) is 10.7. The summed E-state index contributed by atoms with van der Waals surface area (Å²) in [5, 5.41) is 3.72. The molecule has 3 aliphatic rings. The third kappa shape index (κ3) is 1.98. The molecule has 0 spiro atoms. The standard InChI is InChI=1S/C16H16BrNS/c17-11-6-4-10(5-7-11)15-12-2-1-3-13(12)18-14-8-9-19-16(14)15/h4-7,15,18H,1-3,8-9H2. The molecule has 1 atom stereocenters. The summed E-state index contributed by atoms with van der Waals surface area (Å²) in [6.07, 6.45) is 5.03. The molecule has 0 radical (unpaired) electrons. The lowest BCUT2D eigenvalue weighted by Crippen LogP contribution is -2.21. The Bertz CT molecular complexity index is 555. The van der Waals surface area contributed by atoms with Crippen molar-refractivity contribution in [2.75, 3.05) is 5.75 Å². The molecular weight excluding hydrogens is 318 g/mol. The van der Waals surface area contributed by atoms with Crippen molar-refractivity contribution >= 4 is 27.7 Å². The average molecular weight is 334 g/mol. The van der Waals surface area contributed by atoms with Gasteiger partial charge in [0, 0.05) is 32.4 Å². The van der Waals surface area contributed by atoms with Crippen LogP contribution >= 0.6 is 27.7 Å². The largest absolute Gasteiger partial charge is 0.362 e. The van der Waals surface area contributed by atoms with Gasteiger partial charge in [-0.05, 0) is 49.0 Å². The van der Waals surface area contributed by atoms with Crippen LogP contribution in [0.2, 0.25) is 0 Å². The fourth-order valence-electron chi connectivity index (χ4n) is 3.43. The van der Waals surface area contributed by atoms with Crippen molar-refractivity contribution in [3.8, 4) is 0 Å². The van der Waals surface area contributed by atoms with E-state index in [4.69, 9.17) is 0 Å². The number of hydrogen-bond donors (Lipinski definition) is 1. The molecule has 0 amide bonds. The van der Waals surface area contributed by atoms with Gasteiger partial charge in [0.2, 0.25) is 0 Å². The molecule has 4 rings (SSSR count). The number of thioether (sulfide) groups is 1. The molecule has 98 valence electrons. The van der Waals surface area contributed by atoms with E-state index in [0.717, 1.165) is 0 Å². The van der Waals surface area contributed by atoms with Crippen molar-refractivity contribution in [1.82, 2.24) is 5.32 Å². The second-order valence-electron chi connectivity index (χ2n) is 5.41. The van der Waals surface area contributed by atoms with Gasteiger partial charge in [-0.25, -0.2) is 0 Å². The first-order valence-electron chi connectivity index (χ1n) is 6.93. The maximum atomic E-state index is 3.72. The topological polar surface area (TPSA) is 12.0 Å². The maximum absolute atomic E-state index is 3.72. The highest BCUT2D eigenvalue weighted by Gasteiger charge is 2.35. The number of halogens is 1. The second-order valence-corrected chi connectivity index (χ2v) is 7.46. The smallest absolute Gasteiger partial charge is 0.0396 e. The molecule has 2 heterocycles. The van der Waals surface area contributed by atoms with Gasteiger partial charge in [0.15, 0.2) is 0 Å². The minimum Gasteiger partial charge on any atom is -0.362 e. The molecule has 1 aliphatic carbocycles.